The molecule has 0 bridgehead atoms. The van der Waals surface area contributed by atoms with Gasteiger partial charge in [-0.2, -0.15) is 13.2 Å². The van der Waals surface area contributed by atoms with E-state index in [1.165, 1.54) is 25.1 Å². The molecule has 2 N–H and O–H groups in total. The third-order valence-electron chi connectivity index (χ3n) is 6.00. The topological polar surface area (TPSA) is 95.6 Å². The molecule has 2 aromatic rings. The number of piperidine rings is 1. The van der Waals surface area contributed by atoms with Crippen molar-refractivity contribution in [1.82, 2.24) is 15.5 Å². The van der Waals surface area contributed by atoms with Crippen molar-refractivity contribution in [2.45, 2.75) is 44.6 Å². The lowest BCUT2D eigenvalue weighted by Crippen LogP contribution is -2.52. The van der Waals surface area contributed by atoms with Crippen molar-refractivity contribution < 1.29 is 36.7 Å². The van der Waals surface area contributed by atoms with Crippen molar-refractivity contribution in [3.05, 3.63) is 70.0 Å². The second-order valence-corrected chi connectivity index (χ2v) is 8.16. The van der Waals surface area contributed by atoms with Crippen LogP contribution in [-0.4, -0.2) is 40.7 Å². The first-order chi connectivity index (χ1) is 16.0. The number of imide groups is 1. The predicted octanol–water partition coefficient (Wildman–Crippen LogP) is 2.93. The number of alkyl halides is 3. The average Bonchev–Trinajstić information content (AvgIpc) is 3.09. The van der Waals surface area contributed by atoms with E-state index in [0.717, 1.165) is 17.0 Å². The van der Waals surface area contributed by atoms with Gasteiger partial charge in [0.1, 0.15) is 11.9 Å². The summed E-state index contributed by atoms with van der Waals surface area (Å²) in [7, 11) is 0. The van der Waals surface area contributed by atoms with Crippen molar-refractivity contribution in [3.8, 4) is 0 Å². The molecule has 4 rings (SSSR count). The molecule has 2 aliphatic rings. The SMILES string of the molecule is Cc1ccccc1[C@@H](NC(=O)c1ccc2c(c1F)CN(C1CCC(=O)NC1=O)C2=O)C(F)(F)F. The van der Waals surface area contributed by atoms with Gasteiger partial charge in [0.2, 0.25) is 11.8 Å². The van der Waals surface area contributed by atoms with E-state index >= 15 is 4.39 Å². The first kappa shape index (κ1) is 23.4. The number of hydrogen-bond acceptors (Lipinski definition) is 4. The Morgan fingerprint density at radius 2 is 1.85 bits per heavy atom. The molecule has 7 nitrogen and oxygen atoms in total. The Morgan fingerprint density at radius 1 is 1.15 bits per heavy atom. The van der Waals surface area contributed by atoms with Crippen LogP contribution in [0.3, 0.4) is 0 Å². The van der Waals surface area contributed by atoms with E-state index in [1.807, 2.05) is 5.32 Å². The quantitative estimate of drug-likeness (QED) is 0.523. The molecule has 34 heavy (non-hydrogen) atoms. The molecule has 0 aromatic heterocycles. The maximum absolute atomic E-state index is 15.3. The minimum Gasteiger partial charge on any atom is -0.337 e. The number of amides is 4. The molecule has 1 fully saturated rings. The number of carbonyl (C=O) groups excluding carboxylic acids is 4. The zero-order valence-electron chi connectivity index (χ0n) is 17.8. The predicted molar refractivity (Wildman–Crippen MR) is 110 cm³/mol. The van der Waals surface area contributed by atoms with E-state index in [2.05, 4.69) is 5.32 Å². The minimum atomic E-state index is -4.84. The number of halogens is 4. The monoisotopic (exact) mass is 477 g/mol. The molecule has 1 unspecified atom stereocenters. The van der Waals surface area contributed by atoms with Crippen LogP contribution >= 0.6 is 0 Å². The lowest BCUT2D eigenvalue weighted by molar-refractivity contribution is -0.155. The lowest BCUT2D eigenvalue weighted by Gasteiger charge is -2.29. The zero-order valence-corrected chi connectivity index (χ0v) is 17.8. The van der Waals surface area contributed by atoms with Gasteiger partial charge in [0, 0.05) is 17.5 Å². The van der Waals surface area contributed by atoms with Gasteiger partial charge in [-0.1, -0.05) is 24.3 Å². The lowest BCUT2D eigenvalue weighted by atomic mass is 9.99. The van der Waals surface area contributed by atoms with E-state index < -0.39 is 53.3 Å². The summed E-state index contributed by atoms with van der Waals surface area (Å²) in [5.74, 6) is -4.27. The van der Waals surface area contributed by atoms with E-state index in [9.17, 15) is 32.3 Å². The molecule has 0 saturated carbocycles. The van der Waals surface area contributed by atoms with Gasteiger partial charge in [-0.15, -0.1) is 0 Å². The standard InChI is InChI=1S/C23H19F4N3O4/c1-11-4-2-3-5-12(11)19(23(25,26)27)29-20(32)14-7-6-13-15(18(14)24)10-30(22(13)34)16-8-9-17(31)28-21(16)33/h2-7,16,19H,8-10H2,1H3,(H,29,32)(H,28,31,33)/t16?,19-/m1/s1. The maximum Gasteiger partial charge on any atom is 0.412 e. The van der Waals surface area contributed by atoms with Crippen LogP contribution in [0.4, 0.5) is 17.6 Å². The van der Waals surface area contributed by atoms with Gasteiger partial charge < -0.3 is 10.2 Å². The van der Waals surface area contributed by atoms with Crippen LogP contribution in [0, 0.1) is 12.7 Å². The average molecular weight is 477 g/mol. The molecule has 0 spiro atoms. The number of rotatable bonds is 4. The molecule has 0 aliphatic carbocycles. The van der Waals surface area contributed by atoms with Crippen molar-refractivity contribution in [2.24, 2.45) is 0 Å². The fourth-order valence-corrected chi connectivity index (χ4v) is 4.24. The molecule has 11 heteroatoms. The summed E-state index contributed by atoms with van der Waals surface area (Å²) in [6.45, 7) is 1.11. The summed E-state index contributed by atoms with van der Waals surface area (Å²) in [5.41, 5.74) is -0.819. The van der Waals surface area contributed by atoms with Crippen molar-refractivity contribution in [2.75, 3.05) is 0 Å². The van der Waals surface area contributed by atoms with Crippen molar-refractivity contribution in [3.63, 3.8) is 0 Å². The largest absolute Gasteiger partial charge is 0.412 e. The summed E-state index contributed by atoms with van der Waals surface area (Å²) in [6.07, 6.45) is -4.78. The van der Waals surface area contributed by atoms with Crippen LogP contribution in [0.25, 0.3) is 0 Å². The smallest absolute Gasteiger partial charge is 0.337 e. The van der Waals surface area contributed by atoms with E-state index in [0.29, 0.717) is 5.56 Å². The highest BCUT2D eigenvalue weighted by Crippen LogP contribution is 2.35. The third kappa shape index (κ3) is 4.13. The summed E-state index contributed by atoms with van der Waals surface area (Å²) >= 11 is 0. The number of aryl methyl sites for hydroxylation is 1. The second-order valence-electron chi connectivity index (χ2n) is 8.16. The summed E-state index contributed by atoms with van der Waals surface area (Å²) in [4.78, 5) is 50.0. The van der Waals surface area contributed by atoms with Crippen LogP contribution in [0.1, 0.15) is 56.3 Å². The number of benzene rings is 2. The normalized spacial score (nSPS) is 19.0. The highest BCUT2D eigenvalue weighted by Gasteiger charge is 2.44. The fraction of sp³-hybridized carbons (Fsp3) is 0.304. The summed E-state index contributed by atoms with van der Waals surface area (Å²) in [6, 6.07) is 4.38. The number of carbonyl (C=O) groups is 4. The molecule has 2 aromatic carbocycles. The Kier molecular flexibility index (Phi) is 5.88. The first-order valence-corrected chi connectivity index (χ1v) is 10.4. The van der Waals surface area contributed by atoms with E-state index in [4.69, 9.17) is 0 Å². The number of hydrogen-bond donors (Lipinski definition) is 2. The minimum absolute atomic E-state index is 0.00437. The Bertz CT molecular complexity index is 1210. The summed E-state index contributed by atoms with van der Waals surface area (Å²) < 4.78 is 56.4. The highest BCUT2D eigenvalue weighted by molar-refractivity contribution is 6.06. The van der Waals surface area contributed by atoms with Crippen LogP contribution in [-0.2, 0) is 16.1 Å². The molecular formula is C23H19F4N3O4. The van der Waals surface area contributed by atoms with Gasteiger partial charge in [0.05, 0.1) is 12.1 Å². The Hall–Kier alpha value is -3.76. The Balaban J connectivity index is 1.61. The molecule has 178 valence electrons. The number of fused-ring (bicyclic) bond motifs is 1. The molecule has 1 saturated heterocycles. The molecular weight excluding hydrogens is 458 g/mol. The van der Waals surface area contributed by atoms with Gasteiger partial charge in [-0.3, -0.25) is 24.5 Å². The molecule has 4 amide bonds. The number of nitrogens with zero attached hydrogens (tertiary/aromatic N) is 1. The van der Waals surface area contributed by atoms with Crippen molar-refractivity contribution in [1.29, 1.82) is 0 Å². The highest BCUT2D eigenvalue weighted by atomic mass is 19.4. The van der Waals surface area contributed by atoms with Crippen molar-refractivity contribution >= 4 is 23.6 Å². The van der Waals surface area contributed by atoms with Crippen LogP contribution in [0.5, 0.6) is 0 Å². The van der Waals surface area contributed by atoms with Crippen LogP contribution in [0.2, 0.25) is 0 Å². The van der Waals surface area contributed by atoms with Crippen LogP contribution < -0.4 is 10.6 Å². The maximum atomic E-state index is 15.3. The van der Waals surface area contributed by atoms with Gasteiger partial charge in [-0.25, -0.2) is 4.39 Å². The molecule has 2 aliphatic heterocycles. The molecule has 0 radical (unpaired) electrons. The fourth-order valence-electron chi connectivity index (χ4n) is 4.24. The second kappa shape index (κ2) is 8.54. The van der Waals surface area contributed by atoms with E-state index in [-0.39, 0.29) is 36.1 Å². The Morgan fingerprint density at radius 3 is 2.50 bits per heavy atom. The van der Waals surface area contributed by atoms with Gasteiger partial charge >= 0.3 is 6.18 Å². The third-order valence-corrected chi connectivity index (χ3v) is 6.00. The van der Waals surface area contributed by atoms with Gasteiger partial charge in [0.15, 0.2) is 6.04 Å². The van der Waals surface area contributed by atoms with Crippen LogP contribution in [0.15, 0.2) is 36.4 Å². The summed E-state index contributed by atoms with van der Waals surface area (Å²) in [5, 5.41) is 3.97. The molecule has 2 atom stereocenters. The van der Waals surface area contributed by atoms with Gasteiger partial charge in [-0.05, 0) is 36.6 Å². The Labute approximate surface area is 191 Å². The zero-order chi connectivity index (χ0) is 24.8. The van der Waals surface area contributed by atoms with E-state index in [1.54, 1.807) is 6.07 Å². The first-order valence-electron chi connectivity index (χ1n) is 10.4. The number of nitrogens with one attached hydrogen (secondary N) is 2. The van der Waals surface area contributed by atoms with Gasteiger partial charge in [0.25, 0.3) is 11.8 Å². The molecule has 2 heterocycles.